The van der Waals surface area contributed by atoms with E-state index in [2.05, 4.69) is 15.6 Å². The number of amides is 1. The number of para-hydroxylation sites is 1. The van der Waals surface area contributed by atoms with Gasteiger partial charge in [0.2, 0.25) is 0 Å². The summed E-state index contributed by atoms with van der Waals surface area (Å²) in [5, 5.41) is 15.6. The number of aromatic nitrogens is 1. The molecule has 0 aliphatic rings. The molecule has 7 heteroatoms. The molecule has 0 bridgehead atoms. The standard InChI is InChI=1S/C21H17ClN4O2/c1-13-9-19(20(28-2)10-16(13)22)25-15-7-8-18(24-12-15)21(27)26-17-6-4-3-5-14(17)11-23/h3-10,12,25H,1-2H3,(H,26,27). The number of rotatable bonds is 5. The second-order valence-electron chi connectivity index (χ2n) is 5.97. The fourth-order valence-electron chi connectivity index (χ4n) is 2.56. The van der Waals surface area contributed by atoms with Gasteiger partial charge in [0, 0.05) is 11.1 Å². The SMILES string of the molecule is COc1cc(Cl)c(C)cc1Nc1ccc(C(=O)Nc2ccccc2C#N)nc1. The largest absolute Gasteiger partial charge is 0.495 e. The minimum Gasteiger partial charge on any atom is -0.495 e. The highest BCUT2D eigenvalue weighted by molar-refractivity contribution is 6.31. The molecule has 0 unspecified atom stereocenters. The van der Waals surface area contributed by atoms with E-state index in [1.165, 1.54) is 0 Å². The number of carbonyl (C=O) groups excluding carboxylic acids is 1. The highest BCUT2D eigenvalue weighted by Gasteiger charge is 2.11. The Morgan fingerprint density at radius 1 is 1.18 bits per heavy atom. The van der Waals surface area contributed by atoms with E-state index >= 15 is 0 Å². The molecular formula is C21H17ClN4O2. The van der Waals surface area contributed by atoms with Gasteiger partial charge in [0.25, 0.3) is 5.91 Å². The molecule has 3 rings (SSSR count). The van der Waals surface area contributed by atoms with Crippen molar-refractivity contribution in [2.75, 3.05) is 17.7 Å². The first-order valence-electron chi connectivity index (χ1n) is 8.39. The van der Waals surface area contributed by atoms with E-state index in [0.717, 1.165) is 11.3 Å². The summed E-state index contributed by atoms with van der Waals surface area (Å²) in [4.78, 5) is 16.6. The summed E-state index contributed by atoms with van der Waals surface area (Å²) in [6.45, 7) is 1.90. The van der Waals surface area contributed by atoms with Crippen molar-refractivity contribution in [1.82, 2.24) is 4.98 Å². The lowest BCUT2D eigenvalue weighted by Crippen LogP contribution is -2.14. The molecule has 0 aliphatic carbocycles. The number of benzene rings is 2. The van der Waals surface area contributed by atoms with Crippen LogP contribution < -0.4 is 15.4 Å². The first-order valence-corrected chi connectivity index (χ1v) is 8.77. The number of methoxy groups -OCH3 is 1. The Labute approximate surface area is 167 Å². The van der Waals surface area contributed by atoms with Gasteiger partial charge >= 0.3 is 0 Å². The Hall–Kier alpha value is -3.56. The van der Waals surface area contributed by atoms with E-state index in [1.54, 1.807) is 55.8 Å². The molecule has 1 heterocycles. The molecule has 140 valence electrons. The number of halogens is 1. The van der Waals surface area contributed by atoms with Gasteiger partial charge in [-0.05, 0) is 42.8 Å². The zero-order valence-electron chi connectivity index (χ0n) is 15.3. The molecular weight excluding hydrogens is 376 g/mol. The number of nitrogens with zero attached hydrogens (tertiary/aromatic N) is 2. The first-order chi connectivity index (χ1) is 13.5. The average Bonchev–Trinajstić information content (AvgIpc) is 2.71. The lowest BCUT2D eigenvalue weighted by Gasteiger charge is -2.13. The number of hydrogen-bond acceptors (Lipinski definition) is 5. The molecule has 0 radical (unpaired) electrons. The maximum Gasteiger partial charge on any atom is 0.274 e. The molecule has 1 aromatic heterocycles. The van der Waals surface area contributed by atoms with Crippen molar-refractivity contribution in [3.05, 3.63) is 76.6 Å². The van der Waals surface area contributed by atoms with Crippen LogP contribution in [0.1, 0.15) is 21.6 Å². The Morgan fingerprint density at radius 3 is 2.64 bits per heavy atom. The van der Waals surface area contributed by atoms with Gasteiger partial charge in [0.05, 0.1) is 35.9 Å². The van der Waals surface area contributed by atoms with Crippen LogP contribution in [0.5, 0.6) is 5.75 Å². The van der Waals surface area contributed by atoms with Crippen molar-refractivity contribution in [1.29, 1.82) is 5.26 Å². The normalized spacial score (nSPS) is 10.1. The number of pyridine rings is 1. The molecule has 0 saturated carbocycles. The van der Waals surface area contributed by atoms with Gasteiger partial charge in [-0.2, -0.15) is 5.26 Å². The minimum absolute atomic E-state index is 0.234. The summed E-state index contributed by atoms with van der Waals surface area (Å²) in [6.07, 6.45) is 1.55. The van der Waals surface area contributed by atoms with Crippen LogP contribution in [-0.2, 0) is 0 Å². The second-order valence-corrected chi connectivity index (χ2v) is 6.38. The van der Waals surface area contributed by atoms with Crippen LogP contribution in [0, 0.1) is 18.3 Å². The number of nitrogens with one attached hydrogen (secondary N) is 2. The summed E-state index contributed by atoms with van der Waals surface area (Å²) < 4.78 is 5.35. The monoisotopic (exact) mass is 392 g/mol. The highest BCUT2D eigenvalue weighted by atomic mass is 35.5. The lowest BCUT2D eigenvalue weighted by molar-refractivity contribution is 0.102. The number of anilines is 3. The maximum absolute atomic E-state index is 12.4. The van der Waals surface area contributed by atoms with E-state index in [1.807, 2.05) is 19.1 Å². The van der Waals surface area contributed by atoms with Gasteiger partial charge in [0.1, 0.15) is 17.5 Å². The molecule has 0 atom stereocenters. The number of ether oxygens (including phenoxy) is 1. The third-order valence-corrected chi connectivity index (χ3v) is 4.46. The summed E-state index contributed by atoms with van der Waals surface area (Å²) in [6, 6.07) is 15.8. The average molecular weight is 393 g/mol. The molecule has 2 aromatic carbocycles. The van der Waals surface area contributed by atoms with Crippen molar-refractivity contribution in [3.63, 3.8) is 0 Å². The van der Waals surface area contributed by atoms with Gasteiger partial charge in [-0.3, -0.25) is 4.79 Å². The fourth-order valence-corrected chi connectivity index (χ4v) is 2.72. The van der Waals surface area contributed by atoms with Crippen molar-refractivity contribution in [2.24, 2.45) is 0 Å². The van der Waals surface area contributed by atoms with E-state index in [0.29, 0.717) is 27.7 Å². The number of aryl methyl sites for hydroxylation is 1. The first kappa shape index (κ1) is 19.2. The topological polar surface area (TPSA) is 87.0 Å². The third-order valence-electron chi connectivity index (χ3n) is 4.05. The number of carbonyl (C=O) groups is 1. The highest BCUT2D eigenvalue weighted by Crippen LogP contribution is 2.32. The maximum atomic E-state index is 12.4. The smallest absolute Gasteiger partial charge is 0.274 e. The number of nitriles is 1. The van der Waals surface area contributed by atoms with Crippen molar-refractivity contribution < 1.29 is 9.53 Å². The Kier molecular flexibility index (Phi) is 5.78. The van der Waals surface area contributed by atoms with E-state index in [9.17, 15) is 4.79 Å². The molecule has 6 nitrogen and oxygen atoms in total. The molecule has 0 saturated heterocycles. The zero-order chi connectivity index (χ0) is 20.1. The van der Waals surface area contributed by atoms with Gasteiger partial charge in [-0.1, -0.05) is 23.7 Å². The lowest BCUT2D eigenvalue weighted by atomic mass is 10.2. The van der Waals surface area contributed by atoms with Crippen molar-refractivity contribution in [2.45, 2.75) is 6.92 Å². The fraction of sp³-hybridized carbons (Fsp3) is 0.0952. The third kappa shape index (κ3) is 4.22. The van der Waals surface area contributed by atoms with E-state index in [4.69, 9.17) is 21.6 Å². The second kappa shape index (κ2) is 8.42. The van der Waals surface area contributed by atoms with Crippen molar-refractivity contribution in [3.8, 4) is 11.8 Å². The van der Waals surface area contributed by atoms with E-state index < -0.39 is 5.91 Å². The quantitative estimate of drug-likeness (QED) is 0.643. The van der Waals surface area contributed by atoms with Gasteiger partial charge in [-0.15, -0.1) is 0 Å². The molecule has 3 aromatic rings. The molecule has 0 fully saturated rings. The summed E-state index contributed by atoms with van der Waals surface area (Å²) in [5.74, 6) is 0.208. The molecule has 0 aliphatic heterocycles. The molecule has 1 amide bonds. The van der Waals surface area contributed by atoms with Crippen LogP contribution in [0.25, 0.3) is 0 Å². The van der Waals surface area contributed by atoms with Gasteiger partial charge in [-0.25, -0.2) is 4.98 Å². The Morgan fingerprint density at radius 2 is 1.96 bits per heavy atom. The predicted molar refractivity (Wildman–Crippen MR) is 109 cm³/mol. The van der Waals surface area contributed by atoms with Gasteiger partial charge < -0.3 is 15.4 Å². The summed E-state index contributed by atoms with van der Waals surface area (Å²) in [5.41, 5.74) is 3.41. The van der Waals surface area contributed by atoms with Crippen LogP contribution in [0.4, 0.5) is 17.1 Å². The minimum atomic E-state index is -0.394. The molecule has 28 heavy (non-hydrogen) atoms. The van der Waals surface area contributed by atoms with Crippen LogP contribution >= 0.6 is 11.6 Å². The predicted octanol–water partition coefficient (Wildman–Crippen LogP) is 4.92. The Balaban J connectivity index is 1.76. The zero-order valence-corrected chi connectivity index (χ0v) is 16.0. The van der Waals surface area contributed by atoms with Crippen molar-refractivity contribution >= 4 is 34.6 Å². The summed E-state index contributed by atoms with van der Waals surface area (Å²) in [7, 11) is 1.57. The molecule has 0 spiro atoms. The number of hydrogen-bond donors (Lipinski definition) is 2. The molecule has 2 N–H and O–H groups in total. The van der Waals surface area contributed by atoms with Gasteiger partial charge in [0.15, 0.2) is 0 Å². The van der Waals surface area contributed by atoms with E-state index in [-0.39, 0.29) is 5.69 Å². The van der Waals surface area contributed by atoms with Crippen LogP contribution in [-0.4, -0.2) is 18.0 Å². The van der Waals surface area contributed by atoms with Crippen LogP contribution in [0.15, 0.2) is 54.7 Å². The van der Waals surface area contributed by atoms with Crippen LogP contribution in [0.2, 0.25) is 5.02 Å². The van der Waals surface area contributed by atoms with Crippen LogP contribution in [0.3, 0.4) is 0 Å². The Bertz CT molecular complexity index is 1060. The summed E-state index contributed by atoms with van der Waals surface area (Å²) >= 11 is 6.13.